The number of halogens is 1. The first-order valence-corrected chi connectivity index (χ1v) is 7.60. The van der Waals surface area contributed by atoms with Gasteiger partial charge in [-0.3, -0.25) is 0 Å². The summed E-state index contributed by atoms with van der Waals surface area (Å²) < 4.78 is 18.4. The summed E-state index contributed by atoms with van der Waals surface area (Å²) in [4.78, 5) is 11.6. The summed E-state index contributed by atoms with van der Waals surface area (Å²) in [5, 5.41) is 5.49. The van der Waals surface area contributed by atoms with Crippen LogP contribution in [-0.4, -0.2) is 25.7 Å². The van der Waals surface area contributed by atoms with E-state index < -0.39 is 0 Å². The van der Waals surface area contributed by atoms with Gasteiger partial charge in [-0.05, 0) is 42.7 Å². The molecule has 0 aliphatic rings. The van der Waals surface area contributed by atoms with Crippen LogP contribution in [-0.2, 0) is 6.42 Å². The third-order valence-corrected chi connectivity index (χ3v) is 3.35. The first-order valence-electron chi connectivity index (χ1n) is 7.60. The van der Waals surface area contributed by atoms with Crippen molar-refractivity contribution in [2.75, 3.05) is 19.7 Å². The van der Waals surface area contributed by atoms with Crippen LogP contribution in [0.1, 0.15) is 11.1 Å². The van der Waals surface area contributed by atoms with Gasteiger partial charge >= 0.3 is 6.03 Å². The molecule has 2 amide bonds. The highest BCUT2D eigenvalue weighted by molar-refractivity contribution is 5.73. The van der Waals surface area contributed by atoms with Gasteiger partial charge in [0.25, 0.3) is 0 Å². The average molecular weight is 316 g/mol. The van der Waals surface area contributed by atoms with Gasteiger partial charge in [-0.15, -0.1) is 0 Å². The third kappa shape index (κ3) is 5.98. The Labute approximate surface area is 135 Å². The number of nitrogens with one attached hydrogen (secondary N) is 2. The zero-order valence-corrected chi connectivity index (χ0v) is 13.1. The molecular weight excluding hydrogens is 295 g/mol. The standard InChI is InChI=1S/C18H21FN2O2/c1-14-4-2-3-5-17(14)23-13-12-21-18(22)20-11-10-15-6-8-16(19)9-7-15/h2-9H,10-13H2,1H3,(H2,20,21,22). The van der Waals surface area contributed by atoms with Gasteiger partial charge in [0.2, 0.25) is 0 Å². The van der Waals surface area contributed by atoms with E-state index in [0.29, 0.717) is 26.1 Å². The lowest BCUT2D eigenvalue weighted by molar-refractivity contribution is 0.236. The molecule has 23 heavy (non-hydrogen) atoms. The van der Waals surface area contributed by atoms with Crippen LogP contribution in [0.5, 0.6) is 5.75 Å². The number of aryl methyl sites for hydroxylation is 1. The molecule has 0 fully saturated rings. The van der Waals surface area contributed by atoms with E-state index in [-0.39, 0.29) is 11.8 Å². The summed E-state index contributed by atoms with van der Waals surface area (Å²) in [7, 11) is 0. The number of benzene rings is 2. The van der Waals surface area contributed by atoms with E-state index in [2.05, 4.69) is 10.6 Å². The van der Waals surface area contributed by atoms with Gasteiger partial charge in [0, 0.05) is 6.54 Å². The number of carbonyl (C=O) groups excluding carboxylic acids is 1. The first kappa shape index (κ1) is 16.8. The molecule has 0 atom stereocenters. The van der Waals surface area contributed by atoms with Crippen LogP contribution < -0.4 is 15.4 Å². The van der Waals surface area contributed by atoms with Crippen molar-refractivity contribution in [2.24, 2.45) is 0 Å². The molecule has 2 aromatic rings. The topological polar surface area (TPSA) is 50.4 Å². The second kappa shape index (κ2) is 8.78. The number of amides is 2. The van der Waals surface area contributed by atoms with Gasteiger partial charge in [-0.25, -0.2) is 9.18 Å². The second-order valence-corrected chi connectivity index (χ2v) is 5.17. The number of hydrogen-bond donors (Lipinski definition) is 2. The molecule has 2 aromatic carbocycles. The molecule has 4 nitrogen and oxygen atoms in total. The Morgan fingerprint density at radius 3 is 2.48 bits per heavy atom. The minimum Gasteiger partial charge on any atom is -0.491 e. The Bertz CT molecular complexity index is 629. The van der Waals surface area contributed by atoms with Crippen molar-refractivity contribution in [3.63, 3.8) is 0 Å². The van der Waals surface area contributed by atoms with Crippen LogP contribution in [0.25, 0.3) is 0 Å². The van der Waals surface area contributed by atoms with Crippen LogP contribution in [0.2, 0.25) is 0 Å². The SMILES string of the molecule is Cc1ccccc1OCCNC(=O)NCCc1ccc(F)cc1. The predicted octanol–water partition coefficient (Wildman–Crippen LogP) is 3.05. The summed E-state index contributed by atoms with van der Waals surface area (Å²) >= 11 is 0. The van der Waals surface area contributed by atoms with E-state index in [0.717, 1.165) is 16.9 Å². The molecule has 5 heteroatoms. The van der Waals surface area contributed by atoms with Crippen molar-refractivity contribution in [3.05, 3.63) is 65.5 Å². The highest BCUT2D eigenvalue weighted by Crippen LogP contribution is 2.15. The molecule has 0 aliphatic heterocycles. The Morgan fingerprint density at radius 2 is 1.74 bits per heavy atom. The Morgan fingerprint density at radius 1 is 1.04 bits per heavy atom. The van der Waals surface area contributed by atoms with Crippen LogP contribution >= 0.6 is 0 Å². The average Bonchev–Trinajstić information content (AvgIpc) is 2.55. The van der Waals surface area contributed by atoms with E-state index in [1.807, 2.05) is 31.2 Å². The maximum Gasteiger partial charge on any atom is 0.314 e. The number of ether oxygens (including phenoxy) is 1. The molecule has 0 aliphatic carbocycles. The molecule has 0 spiro atoms. The molecule has 0 unspecified atom stereocenters. The quantitative estimate of drug-likeness (QED) is 0.771. The minimum atomic E-state index is -0.256. The summed E-state index contributed by atoms with van der Waals surface area (Å²) in [6.07, 6.45) is 0.660. The third-order valence-electron chi connectivity index (χ3n) is 3.35. The maximum atomic E-state index is 12.8. The van der Waals surface area contributed by atoms with Crippen LogP contribution in [0.4, 0.5) is 9.18 Å². The minimum absolute atomic E-state index is 0.236. The van der Waals surface area contributed by atoms with Gasteiger partial charge in [-0.1, -0.05) is 30.3 Å². The van der Waals surface area contributed by atoms with E-state index in [1.165, 1.54) is 12.1 Å². The molecule has 0 aromatic heterocycles. The smallest absolute Gasteiger partial charge is 0.314 e. The lowest BCUT2D eigenvalue weighted by Crippen LogP contribution is -2.38. The summed E-state index contributed by atoms with van der Waals surface area (Å²) in [5.74, 6) is 0.569. The number of para-hydroxylation sites is 1. The summed E-state index contributed by atoms with van der Waals surface area (Å²) in [5.41, 5.74) is 2.05. The van der Waals surface area contributed by atoms with Gasteiger partial charge in [0.05, 0.1) is 6.54 Å². The number of rotatable bonds is 7. The zero-order chi connectivity index (χ0) is 16.5. The molecule has 0 saturated carbocycles. The molecule has 0 bridgehead atoms. The van der Waals surface area contributed by atoms with Crippen molar-refractivity contribution >= 4 is 6.03 Å². The molecule has 2 rings (SSSR count). The van der Waals surface area contributed by atoms with E-state index in [9.17, 15) is 9.18 Å². The Hall–Kier alpha value is -2.56. The zero-order valence-electron chi connectivity index (χ0n) is 13.1. The molecule has 0 heterocycles. The highest BCUT2D eigenvalue weighted by atomic mass is 19.1. The molecule has 122 valence electrons. The first-order chi connectivity index (χ1) is 11.1. The Kier molecular flexibility index (Phi) is 6.41. The summed E-state index contributed by atoms with van der Waals surface area (Å²) in [6.45, 7) is 3.31. The van der Waals surface area contributed by atoms with Crippen molar-refractivity contribution in [1.29, 1.82) is 0 Å². The molecule has 0 radical (unpaired) electrons. The molecule has 2 N–H and O–H groups in total. The number of hydrogen-bond acceptors (Lipinski definition) is 2. The van der Waals surface area contributed by atoms with Gasteiger partial charge in [-0.2, -0.15) is 0 Å². The predicted molar refractivity (Wildman–Crippen MR) is 88.2 cm³/mol. The lowest BCUT2D eigenvalue weighted by Gasteiger charge is -2.10. The fraction of sp³-hybridized carbons (Fsp3) is 0.278. The van der Waals surface area contributed by atoms with Gasteiger partial charge < -0.3 is 15.4 Å². The van der Waals surface area contributed by atoms with Crippen LogP contribution in [0.3, 0.4) is 0 Å². The van der Waals surface area contributed by atoms with E-state index >= 15 is 0 Å². The number of urea groups is 1. The van der Waals surface area contributed by atoms with Crippen molar-refractivity contribution < 1.29 is 13.9 Å². The molecule has 0 saturated heterocycles. The number of carbonyl (C=O) groups is 1. The fourth-order valence-electron chi connectivity index (χ4n) is 2.08. The van der Waals surface area contributed by atoms with Gasteiger partial charge in [0.1, 0.15) is 18.2 Å². The van der Waals surface area contributed by atoms with Crippen molar-refractivity contribution in [2.45, 2.75) is 13.3 Å². The van der Waals surface area contributed by atoms with Crippen molar-refractivity contribution in [3.8, 4) is 5.75 Å². The molecular formula is C18H21FN2O2. The monoisotopic (exact) mass is 316 g/mol. The van der Waals surface area contributed by atoms with E-state index in [1.54, 1.807) is 12.1 Å². The van der Waals surface area contributed by atoms with Gasteiger partial charge in [0.15, 0.2) is 0 Å². The van der Waals surface area contributed by atoms with Crippen LogP contribution in [0, 0.1) is 12.7 Å². The lowest BCUT2D eigenvalue weighted by atomic mass is 10.1. The van der Waals surface area contributed by atoms with Crippen LogP contribution in [0.15, 0.2) is 48.5 Å². The maximum absolute atomic E-state index is 12.8. The largest absolute Gasteiger partial charge is 0.491 e. The highest BCUT2D eigenvalue weighted by Gasteiger charge is 2.01. The van der Waals surface area contributed by atoms with E-state index in [4.69, 9.17) is 4.74 Å². The normalized spacial score (nSPS) is 10.2. The second-order valence-electron chi connectivity index (χ2n) is 5.17. The fourth-order valence-corrected chi connectivity index (χ4v) is 2.08. The summed E-state index contributed by atoms with van der Waals surface area (Å²) in [6, 6.07) is 13.8. The van der Waals surface area contributed by atoms with Crippen molar-refractivity contribution in [1.82, 2.24) is 10.6 Å². The Balaban J connectivity index is 1.58.